The first-order valence-electron chi connectivity index (χ1n) is 6.61. The molecule has 6 heteroatoms. The molecule has 0 radical (unpaired) electrons. The van der Waals surface area contributed by atoms with E-state index in [9.17, 15) is 0 Å². The van der Waals surface area contributed by atoms with Gasteiger partial charge in [0.2, 0.25) is 5.95 Å². The quantitative estimate of drug-likeness (QED) is 0.532. The molecular formula is C14H17N5S. The SMILES string of the molecule is C=CCSc1nc(N)nc2c1ncn2[C@@H]1C=C[C@H](C)C1. The third-order valence-corrected chi connectivity index (χ3v) is 4.34. The van der Waals surface area contributed by atoms with Gasteiger partial charge in [-0.2, -0.15) is 4.98 Å². The molecule has 1 aliphatic carbocycles. The first-order chi connectivity index (χ1) is 9.69. The molecule has 2 aromatic heterocycles. The molecule has 0 unspecified atom stereocenters. The number of nitrogens with zero attached hydrogens (tertiary/aromatic N) is 4. The Balaban J connectivity index is 2.05. The number of thioether (sulfide) groups is 1. The fraction of sp³-hybridized carbons (Fsp3) is 0.357. The fourth-order valence-electron chi connectivity index (χ4n) is 2.45. The molecule has 20 heavy (non-hydrogen) atoms. The summed E-state index contributed by atoms with van der Waals surface area (Å²) >= 11 is 1.58. The average Bonchev–Trinajstić information content (AvgIpc) is 3.01. The predicted octanol–water partition coefficient (Wildman–Crippen LogP) is 2.82. The van der Waals surface area contributed by atoms with Gasteiger partial charge in [-0.05, 0) is 12.3 Å². The van der Waals surface area contributed by atoms with E-state index in [4.69, 9.17) is 5.73 Å². The molecule has 0 saturated heterocycles. The molecule has 0 saturated carbocycles. The van der Waals surface area contributed by atoms with E-state index >= 15 is 0 Å². The number of hydrogen-bond donors (Lipinski definition) is 1. The van der Waals surface area contributed by atoms with Crippen LogP contribution in [0.5, 0.6) is 0 Å². The van der Waals surface area contributed by atoms with Crippen LogP contribution in [0.2, 0.25) is 0 Å². The molecule has 0 spiro atoms. The maximum Gasteiger partial charge on any atom is 0.223 e. The van der Waals surface area contributed by atoms with Gasteiger partial charge in [-0.15, -0.1) is 6.58 Å². The molecule has 0 amide bonds. The Hall–Kier alpha value is -1.82. The van der Waals surface area contributed by atoms with Crippen LogP contribution in [0.3, 0.4) is 0 Å². The lowest BCUT2D eigenvalue weighted by molar-refractivity contribution is 0.536. The van der Waals surface area contributed by atoms with Gasteiger partial charge in [-0.3, -0.25) is 0 Å². The normalized spacial score (nSPS) is 21.6. The zero-order valence-corrected chi connectivity index (χ0v) is 12.2. The number of anilines is 1. The molecule has 104 valence electrons. The van der Waals surface area contributed by atoms with Gasteiger partial charge in [0.25, 0.3) is 0 Å². The second-order valence-electron chi connectivity index (χ2n) is 4.98. The molecular weight excluding hydrogens is 270 g/mol. The van der Waals surface area contributed by atoms with Crippen LogP contribution in [0.1, 0.15) is 19.4 Å². The number of rotatable bonds is 4. The van der Waals surface area contributed by atoms with Crippen LogP contribution >= 0.6 is 11.8 Å². The number of allylic oxidation sites excluding steroid dienone is 2. The van der Waals surface area contributed by atoms with Gasteiger partial charge < -0.3 is 10.3 Å². The number of aromatic nitrogens is 4. The van der Waals surface area contributed by atoms with Crippen LogP contribution < -0.4 is 5.73 Å². The number of hydrogen-bond acceptors (Lipinski definition) is 5. The van der Waals surface area contributed by atoms with Crippen molar-refractivity contribution >= 4 is 28.9 Å². The topological polar surface area (TPSA) is 69.6 Å². The van der Waals surface area contributed by atoms with Crippen molar-refractivity contribution in [2.24, 2.45) is 5.92 Å². The summed E-state index contributed by atoms with van der Waals surface area (Å²) in [5, 5.41) is 0.821. The van der Waals surface area contributed by atoms with Crippen molar-refractivity contribution in [2.45, 2.75) is 24.4 Å². The van der Waals surface area contributed by atoms with Crippen molar-refractivity contribution in [3.8, 4) is 0 Å². The van der Waals surface area contributed by atoms with E-state index < -0.39 is 0 Å². The van der Waals surface area contributed by atoms with Crippen LogP contribution in [0.25, 0.3) is 11.2 Å². The van der Waals surface area contributed by atoms with Gasteiger partial charge in [-0.1, -0.05) is 36.9 Å². The van der Waals surface area contributed by atoms with E-state index in [2.05, 4.69) is 45.2 Å². The standard InChI is InChI=1S/C14H17N5S/c1-3-6-20-13-11-12(17-14(15)18-13)19(8-16-11)10-5-4-9(2)7-10/h3-5,8-10H,1,6-7H2,2H3,(H2,15,17,18)/t9-,10+/m0/s1. The van der Waals surface area contributed by atoms with E-state index in [0.717, 1.165) is 28.4 Å². The van der Waals surface area contributed by atoms with E-state index in [1.54, 1.807) is 11.8 Å². The van der Waals surface area contributed by atoms with E-state index in [1.807, 2.05) is 12.4 Å². The monoisotopic (exact) mass is 287 g/mol. The van der Waals surface area contributed by atoms with Gasteiger partial charge in [-0.25, -0.2) is 9.97 Å². The van der Waals surface area contributed by atoms with E-state index in [1.165, 1.54) is 0 Å². The van der Waals surface area contributed by atoms with Crippen molar-refractivity contribution in [2.75, 3.05) is 11.5 Å². The van der Waals surface area contributed by atoms with E-state index in [0.29, 0.717) is 17.9 Å². The van der Waals surface area contributed by atoms with Gasteiger partial charge in [0.05, 0.1) is 12.4 Å². The average molecular weight is 287 g/mol. The molecule has 0 aromatic carbocycles. The summed E-state index contributed by atoms with van der Waals surface area (Å²) in [6.07, 6.45) is 9.19. The minimum absolute atomic E-state index is 0.292. The summed E-state index contributed by atoms with van der Waals surface area (Å²) in [5.74, 6) is 1.66. The summed E-state index contributed by atoms with van der Waals surface area (Å²) in [4.78, 5) is 13.1. The fourth-order valence-corrected chi connectivity index (χ4v) is 3.16. The molecule has 2 N–H and O–H groups in total. The van der Waals surface area contributed by atoms with E-state index in [-0.39, 0.29) is 0 Å². The molecule has 0 fully saturated rings. The summed E-state index contributed by atoms with van der Waals surface area (Å²) in [5.41, 5.74) is 7.46. The zero-order valence-electron chi connectivity index (χ0n) is 11.4. The highest BCUT2D eigenvalue weighted by molar-refractivity contribution is 7.99. The van der Waals surface area contributed by atoms with Crippen molar-refractivity contribution in [3.63, 3.8) is 0 Å². The van der Waals surface area contributed by atoms with Crippen LogP contribution in [0.4, 0.5) is 5.95 Å². The summed E-state index contributed by atoms with van der Waals surface area (Å²) in [7, 11) is 0. The minimum Gasteiger partial charge on any atom is -0.368 e. The highest BCUT2D eigenvalue weighted by Gasteiger charge is 2.21. The Labute approximate surface area is 122 Å². The second kappa shape index (κ2) is 5.28. The third-order valence-electron chi connectivity index (χ3n) is 3.38. The van der Waals surface area contributed by atoms with Gasteiger partial charge >= 0.3 is 0 Å². The highest BCUT2D eigenvalue weighted by atomic mass is 32.2. The van der Waals surface area contributed by atoms with Crippen molar-refractivity contribution in [1.29, 1.82) is 0 Å². The number of fused-ring (bicyclic) bond motifs is 1. The number of imidazole rings is 1. The maximum absolute atomic E-state index is 5.83. The smallest absolute Gasteiger partial charge is 0.223 e. The Morgan fingerprint density at radius 3 is 3.05 bits per heavy atom. The largest absolute Gasteiger partial charge is 0.368 e. The van der Waals surface area contributed by atoms with Crippen LogP contribution in [-0.4, -0.2) is 25.3 Å². The molecule has 2 aromatic rings. The molecule has 3 rings (SSSR count). The van der Waals surface area contributed by atoms with Crippen molar-refractivity contribution in [3.05, 3.63) is 31.1 Å². The summed E-state index contributed by atoms with van der Waals surface area (Å²) in [6.45, 7) is 5.94. The first kappa shape index (κ1) is 13.2. The Bertz CT molecular complexity index is 675. The number of nitrogens with two attached hydrogens (primary N) is 1. The molecule has 0 aliphatic heterocycles. The minimum atomic E-state index is 0.292. The lowest BCUT2D eigenvalue weighted by Crippen LogP contribution is -2.06. The Kier molecular flexibility index (Phi) is 3.48. The lowest BCUT2D eigenvalue weighted by atomic mass is 10.1. The van der Waals surface area contributed by atoms with Crippen LogP contribution in [0, 0.1) is 5.92 Å². The first-order valence-corrected chi connectivity index (χ1v) is 7.59. The second-order valence-corrected chi connectivity index (χ2v) is 5.98. The highest BCUT2D eigenvalue weighted by Crippen LogP contribution is 2.32. The molecule has 2 atom stereocenters. The van der Waals surface area contributed by atoms with Crippen LogP contribution in [-0.2, 0) is 0 Å². The molecule has 1 aliphatic rings. The van der Waals surface area contributed by atoms with Gasteiger partial charge in [0, 0.05) is 5.75 Å². The molecule has 0 bridgehead atoms. The summed E-state index contributed by atoms with van der Waals surface area (Å²) < 4.78 is 2.09. The number of nitrogen functional groups attached to an aromatic ring is 1. The molecule has 2 heterocycles. The third kappa shape index (κ3) is 2.31. The Morgan fingerprint density at radius 2 is 2.35 bits per heavy atom. The predicted molar refractivity (Wildman–Crippen MR) is 82.6 cm³/mol. The summed E-state index contributed by atoms with van der Waals surface area (Å²) in [6, 6.07) is 0.307. The Morgan fingerprint density at radius 1 is 1.50 bits per heavy atom. The van der Waals surface area contributed by atoms with Crippen molar-refractivity contribution in [1.82, 2.24) is 19.5 Å². The van der Waals surface area contributed by atoms with Crippen LogP contribution in [0.15, 0.2) is 36.2 Å². The van der Waals surface area contributed by atoms with Gasteiger partial charge in [0.15, 0.2) is 5.65 Å². The zero-order chi connectivity index (χ0) is 14.1. The van der Waals surface area contributed by atoms with Gasteiger partial charge in [0.1, 0.15) is 10.5 Å². The lowest BCUT2D eigenvalue weighted by Gasteiger charge is -2.12. The molecule has 5 nitrogen and oxygen atoms in total. The van der Waals surface area contributed by atoms with Crippen molar-refractivity contribution < 1.29 is 0 Å². The maximum atomic E-state index is 5.83.